The number of rotatable bonds is 6. The largest absolute Gasteiger partial charge is 0.405 e. The zero-order valence-corrected chi connectivity index (χ0v) is 10.9. The van der Waals surface area contributed by atoms with Crippen LogP contribution in [0.3, 0.4) is 0 Å². The van der Waals surface area contributed by atoms with Crippen LogP contribution in [0.1, 0.15) is 40.0 Å². The molecule has 0 bridgehead atoms. The number of nitrogens with zero attached hydrogens (tertiary/aromatic N) is 1. The fraction of sp³-hybridized carbons (Fsp3) is 0.692. The van der Waals surface area contributed by atoms with Gasteiger partial charge in [-0.25, -0.2) is 0 Å². The number of unbranched alkanes of at least 4 members (excludes halogenated alkanes) is 2. The molecule has 0 aromatic carbocycles. The minimum atomic E-state index is 1.10. The predicted molar refractivity (Wildman–Crippen MR) is 70.8 cm³/mol. The molecular weight excluding hydrogens is 184 g/mol. The summed E-state index contributed by atoms with van der Waals surface area (Å²) in [7, 11) is 2.18. The van der Waals surface area contributed by atoms with Gasteiger partial charge in [-0.3, -0.25) is 0 Å². The van der Waals surface area contributed by atoms with E-state index in [1.165, 1.54) is 32.0 Å². The fourth-order valence-electron chi connectivity index (χ4n) is 1.01. The molecule has 0 radical (unpaired) electrons. The van der Waals surface area contributed by atoms with Crippen LogP contribution in [0.5, 0.6) is 0 Å². The molecule has 2 nitrogen and oxygen atoms in total. The lowest BCUT2D eigenvalue weighted by Crippen LogP contribution is -2.19. The molecule has 0 saturated heterocycles. The van der Waals surface area contributed by atoms with E-state index < -0.39 is 0 Å². The second-order valence-electron chi connectivity index (χ2n) is 3.56. The number of nitrogens with two attached hydrogens (primary N) is 1. The highest BCUT2D eigenvalue weighted by Crippen LogP contribution is 1.95. The first-order valence-electron chi connectivity index (χ1n) is 5.85. The van der Waals surface area contributed by atoms with Gasteiger partial charge in [0.25, 0.3) is 0 Å². The summed E-state index contributed by atoms with van der Waals surface area (Å²) in [6.07, 6.45) is 11.6. The van der Waals surface area contributed by atoms with Crippen LogP contribution < -0.4 is 5.73 Å². The molecular formula is C13H28N2. The van der Waals surface area contributed by atoms with Crippen molar-refractivity contribution >= 4 is 0 Å². The van der Waals surface area contributed by atoms with E-state index in [0.29, 0.717) is 0 Å². The average Bonchev–Trinajstić information content (AvgIpc) is 2.27. The Kier molecular flexibility index (Phi) is 17.4. The molecule has 0 unspecified atom stereocenters. The normalized spacial score (nSPS) is 11.0. The zero-order chi connectivity index (χ0) is 11.9. The second-order valence-corrected chi connectivity index (χ2v) is 3.56. The van der Waals surface area contributed by atoms with E-state index in [0.717, 1.165) is 6.54 Å². The van der Waals surface area contributed by atoms with E-state index in [2.05, 4.69) is 37.9 Å². The highest BCUT2D eigenvalue weighted by molar-refractivity contribution is 4.79. The molecule has 0 fully saturated rings. The molecule has 0 saturated carbocycles. The summed E-state index contributed by atoms with van der Waals surface area (Å²) in [5, 5.41) is 0. The monoisotopic (exact) mass is 212 g/mol. The Morgan fingerprint density at radius 2 is 1.73 bits per heavy atom. The van der Waals surface area contributed by atoms with Crippen molar-refractivity contribution in [2.24, 2.45) is 5.73 Å². The molecule has 2 heteroatoms. The van der Waals surface area contributed by atoms with E-state index in [-0.39, 0.29) is 0 Å². The summed E-state index contributed by atoms with van der Waals surface area (Å²) in [5.74, 6) is 0. The summed E-state index contributed by atoms with van der Waals surface area (Å²) in [6.45, 7) is 8.52. The van der Waals surface area contributed by atoms with Crippen LogP contribution in [0, 0.1) is 0 Å². The number of likely N-dealkylation sites (N-methyl/N-ethyl adjacent to an activating group) is 1. The Hall–Kier alpha value is -0.760. The van der Waals surface area contributed by atoms with Crippen molar-refractivity contribution < 1.29 is 0 Å². The molecule has 0 aromatic rings. The number of allylic oxidation sites excluding steroid dienone is 2. The average molecular weight is 212 g/mol. The molecule has 0 aliphatic rings. The molecule has 0 heterocycles. The van der Waals surface area contributed by atoms with Gasteiger partial charge >= 0.3 is 0 Å². The highest BCUT2D eigenvalue weighted by Gasteiger charge is 1.92. The third kappa shape index (κ3) is 19.6. The maximum absolute atomic E-state index is 4.85. The number of hydrogen-bond donors (Lipinski definition) is 1. The molecule has 90 valence electrons. The minimum absolute atomic E-state index is 1.10. The molecule has 2 N–H and O–H groups in total. The standard InChI is InChI=1S/C10H21N.C3H7N/c1-4-6-8-10-11(3)9-7-5-2;1-2-3-4/h5,7H,4,6,8-10H2,1-3H3;2-3H,4H2,1H3/b7-5-;3-2+. The van der Waals surface area contributed by atoms with E-state index in [9.17, 15) is 0 Å². The molecule has 0 rings (SSSR count). The van der Waals surface area contributed by atoms with Gasteiger partial charge in [0.1, 0.15) is 0 Å². The first-order chi connectivity index (χ1) is 7.22. The molecule has 0 atom stereocenters. The zero-order valence-electron chi connectivity index (χ0n) is 10.9. The van der Waals surface area contributed by atoms with Gasteiger partial charge in [0.2, 0.25) is 0 Å². The van der Waals surface area contributed by atoms with Gasteiger partial charge < -0.3 is 10.6 Å². The van der Waals surface area contributed by atoms with Gasteiger partial charge in [0.15, 0.2) is 0 Å². The molecule has 0 amide bonds. The molecule has 0 aliphatic heterocycles. The van der Waals surface area contributed by atoms with Gasteiger partial charge in [0, 0.05) is 6.54 Å². The minimum Gasteiger partial charge on any atom is -0.405 e. The Morgan fingerprint density at radius 3 is 2.13 bits per heavy atom. The fourth-order valence-corrected chi connectivity index (χ4v) is 1.01. The first-order valence-corrected chi connectivity index (χ1v) is 5.85. The van der Waals surface area contributed by atoms with E-state index in [4.69, 9.17) is 5.73 Å². The lowest BCUT2D eigenvalue weighted by Gasteiger charge is -2.13. The van der Waals surface area contributed by atoms with E-state index in [1.807, 2.05) is 6.92 Å². The van der Waals surface area contributed by atoms with E-state index in [1.54, 1.807) is 6.08 Å². The highest BCUT2D eigenvalue weighted by atomic mass is 15.1. The SMILES string of the molecule is C/C=C/N.C/C=C\CN(C)CCCCC. The Morgan fingerprint density at radius 1 is 1.13 bits per heavy atom. The maximum atomic E-state index is 4.85. The summed E-state index contributed by atoms with van der Waals surface area (Å²) < 4.78 is 0. The van der Waals surface area contributed by atoms with Gasteiger partial charge in [0.05, 0.1) is 0 Å². The molecule has 15 heavy (non-hydrogen) atoms. The summed E-state index contributed by atoms with van der Waals surface area (Å²) in [6, 6.07) is 0. The van der Waals surface area contributed by atoms with Crippen LogP contribution in [0.15, 0.2) is 24.4 Å². The predicted octanol–water partition coefficient (Wildman–Crippen LogP) is 3.16. The van der Waals surface area contributed by atoms with Gasteiger partial charge in [-0.2, -0.15) is 0 Å². The summed E-state index contributed by atoms with van der Waals surface area (Å²) in [5.41, 5.74) is 4.85. The van der Waals surface area contributed by atoms with Gasteiger partial charge in [-0.05, 0) is 40.1 Å². The van der Waals surface area contributed by atoms with Crippen LogP contribution in [-0.2, 0) is 0 Å². The smallest absolute Gasteiger partial charge is 0.0160 e. The topological polar surface area (TPSA) is 29.3 Å². The van der Waals surface area contributed by atoms with Gasteiger partial charge in [-0.1, -0.05) is 38.0 Å². The van der Waals surface area contributed by atoms with Crippen molar-refractivity contribution in [1.29, 1.82) is 0 Å². The Labute approximate surface area is 95.8 Å². The van der Waals surface area contributed by atoms with Crippen LogP contribution in [-0.4, -0.2) is 25.0 Å². The lowest BCUT2D eigenvalue weighted by atomic mass is 10.2. The van der Waals surface area contributed by atoms with Crippen LogP contribution >= 0.6 is 0 Å². The first kappa shape index (κ1) is 16.7. The molecule has 0 aliphatic carbocycles. The van der Waals surface area contributed by atoms with E-state index >= 15 is 0 Å². The summed E-state index contributed by atoms with van der Waals surface area (Å²) in [4.78, 5) is 2.36. The lowest BCUT2D eigenvalue weighted by molar-refractivity contribution is 0.358. The number of hydrogen-bond acceptors (Lipinski definition) is 2. The molecule has 0 spiro atoms. The van der Waals surface area contributed by atoms with Crippen molar-refractivity contribution in [3.63, 3.8) is 0 Å². The van der Waals surface area contributed by atoms with Crippen molar-refractivity contribution in [3.05, 3.63) is 24.4 Å². The third-order valence-corrected chi connectivity index (χ3v) is 1.99. The quantitative estimate of drug-likeness (QED) is 0.541. The second kappa shape index (κ2) is 15.7. The third-order valence-electron chi connectivity index (χ3n) is 1.99. The summed E-state index contributed by atoms with van der Waals surface area (Å²) >= 11 is 0. The van der Waals surface area contributed by atoms with Crippen molar-refractivity contribution in [3.8, 4) is 0 Å². The van der Waals surface area contributed by atoms with Crippen molar-refractivity contribution in [2.75, 3.05) is 20.1 Å². The molecule has 0 aromatic heterocycles. The van der Waals surface area contributed by atoms with Crippen LogP contribution in [0.25, 0.3) is 0 Å². The Bertz CT molecular complexity index is 147. The van der Waals surface area contributed by atoms with Crippen LogP contribution in [0.4, 0.5) is 0 Å². The van der Waals surface area contributed by atoms with Crippen molar-refractivity contribution in [2.45, 2.75) is 40.0 Å². The maximum Gasteiger partial charge on any atom is 0.0160 e. The Balaban J connectivity index is 0. The van der Waals surface area contributed by atoms with Crippen LogP contribution in [0.2, 0.25) is 0 Å². The van der Waals surface area contributed by atoms with Gasteiger partial charge in [-0.15, -0.1) is 0 Å². The van der Waals surface area contributed by atoms with Crippen molar-refractivity contribution in [1.82, 2.24) is 4.90 Å².